The van der Waals surface area contributed by atoms with Crippen LogP contribution in [0.2, 0.25) is 5.02 Å². The highest BCUT2D eigenvalue weighted by Gasteiger charge is 2.27. The summed E-state index contributed by atoms with van der Waals surface area (Å²) in [5.41, 5.74) is 2.44. The van der Waals surface area contributed by atoms with E-state index in [9.17, 15) is 18.0 Å². The Labute approximate surface area is 214 Å². The van der Waals surface area contributed by atoms with Crippen molar-refractivity contribution in [3.05, 3.63) is 64.7 Å². The topological polar surface area (TPSA) is 86.8 Å². The SMILES string of the molecule is CC[C@@H](C)NC(=O)[C@H](C)N(Cc1cccc(C)c1)C(=O)CCCN(c1cccc(Cl)c1)S(C)(=O)=O. The number of anilines is 1. The van der Waals surface area contributed by atoms with E-state index in [2.05, 4.69) is 5.32 Å². The predicted octanol–water partition coefficient (Wildman–Crippen LogP) is 4.53. The molecule has 35 heavy (non-hydrogen) atoms. The molecule has 2 aromatic rings. The molecule has 0 aliphatic rings. The Morgan fingerprint density at radius 2 is 1.77 bits per heavy atom. The van der Waals surface area contributed by atoms with Crippen LogP contribution >= 0.6 is 11.6 Å². The zero-order valence-electron chi connectivity index (χ0n) is 21.1. The van der Waals surface area contributed by atoms with E-state index in [1.54, 1.807) is 36.1 Å². The molecule has 0 fully saturated rings. The summed E-state index contributed by atoms with van der Waals surface area (Å²) < 4.78 is 26.0. The first-order valence-electron chi connectivity index (χ1n) is 11.8. The number of hydrogen-bond acceptors (Lipinski definition) is 4. The average Bonchev–Trinajstić information content (AvgIpc) is 2.78. The van der Waals surface area contributed by atoms with Crippen LogP contribution < -0.4 is 9.62 Å². The third kappa shape index (κ3) is 8.85. The predicted molar refractivity (Wildman–Crippen MR) is 142 cm³/mol. The largest absolute Gasteiger partial charge is 0.352 e. The van der Waals surface area contributed by atoms with Crippen molar-refractivity contribution >= 4 is 39.1 Å². The normalized spacial score (nSPS) is 13.1. The Bertz CT molecular complexity index is 1120. The third-order valence-electron chi connectivity index (χ3n) is 5.85. The fourth-order valence-corrected chi connectivity index (χ4v) is 4.83. The zero-order valence-corrected chi connectivity index (χ0v) is 22.7. The smallest absolute Gasteiger partial charge is 0.242 e. The van der Waals surface area contributed by atoms with E-state index in [-0.39, 0.29) is 30.8 Å². The van der Waals surface area contributed by atoms with Crippen LogP contribution in [0, 0.1) is 6.92 Å². The van der Waals surface area contributed by atoms with Gasteiger partial charge in [0, 0.05) is 30.6 Å². The number of aryl methyl sites for hydroxylation is 1. The lowest BCUT2D eigenvalue weighted by Crippen LogP contribution is -2.49. The molecule has 0 aliphatic carbocycles. The molecule has 0 heterocycles. The van der Waals surface area contributed by atoms with E-state index in [0.717, 1.165) is 23.8 Å². The van der Waals surface area contributed by atoms with Gasteiger partial charge in [0.15, 0.2) is 0 Å². The third-order valence-corrected chi connectivity index (χ3v) is 7.28. The summed E-state index contributed by atoms with van der Waals surface area (Å²) in [7, 11) is -3.57. The van der Waals surface area contributed by atoms with E-state index >= 15 is 0 Å². The standard InChI is InChI=1S/C26H36ClN3O4S/c1-6-20(3)28-26(32)21(4)29(18-22-11-7-10-19(2)16-22)25(31)14-9-15-30(35(5,33)34)24-13-8-12-23(27)17-24/h7-8,10-13,16-17,20-21H,6,9,14-15,18H2,1-5H3,(H,28,32)/t20-,21+/m1/s1. The molecule has 0 radical (unpaired) electrons. The van der Waals surface area contributed by atoms with Crippen molar-refractivity contribution in [1.29, 1.82) is 0 Å². The van der Waals surface area contributed by atoms with E-state index in [1.165, 1.54) is 4.31 Å². The van der Waals surface area contributed by atoms with E-state index < -0.39 is 16.1 Å². The second-order valence-electron chi connectivity index (χ2n) is 8.92. The molecular formula is C26H36ClN3O4S. The Kier molecular flexibility index (Phi) is 10.6. The van der Waals surface area contributed by atoms with Crippen LogP contribution in [0.4, 0.5) is 5.69 Å². The van der Waals surface area contributed by atoms with E-state index in [0.29, 0.717) is 23.7 Å². The van der Waals surface area contributed by atoms with Gasteiger partial charge in [-0.1, -0.05) is 54.4 Å². The van der Waals surface area contributed by atoms with Crippen molar-refractivity contribution in [1.82, 2.24) is 10.2 Å². The number of carbonyl (C=O) groups is 2. The maximum Gasteiger partial charge on any atom is 0.242 e. The van der Waals surface area contributed by atoms with Gasteiger partial charge in [-0.3, -0.25) is 13.9 Å². The summed E-state index contributed by atoms with van der Waals surface area (Å²) >= 11 is 6.04. The average molecular weight is 522 g/mol. The molecule has 7 nitrogen and oxygen atoms in total. The molecule has 0 saturated carbocycles. The van der Waals surface area contributed by atoms with Gasteiger partial charge in [-0.05, 0) is 57.4 Å². The van der Waals surface area contributed by atoms with Gasteiger partial charge < -0.3 is 10.2 Å². The van der Waals surface area contributed by atoms with Crippen molar-refractivity contribution in [2.24, 2.45) is 0 Å². The van der Waals surface area contributed by atoms with Crippen LogP contribution in [0.5, 0.6) is 0 Å². The zero-order chi connectivity index (χ0) is 26.2. The minimum atomic E-state index is -3.57. The number of amides is 2. The number of rotatable bonds is 12. The number of hydrogen-bond donors (Lipinski definition) is 1. The van der Waals surface area contributed by atoms with E-state index in [1.807, 2.05) is 45.0 Å². The van der Waals surface area contributed by atoms with Gasteiger partial charge in [0.05, 0.1) is 11.9 Å². The molecule has 0 unspecified atom stereocenters. The quantitative estimate of drug-likeness (QED) is 0.444. The molecule has 2 amide bonds. The first kappa shape index (κ1) is 28.7. The van der Waals surface area contributed by atoms with Gasteiger partial charge in [0.1, 0.15) is 6.04 Å². The number of benzene rings is 2. The number of carbonyl (C=O) groups excluding carboxylic acids is 2. The molecule has 0 bridgehead atoms. The summed E-state index contributed by atoms with van der Waals surface area (Å²) in [5.74, 6) is -0.421. The van der Waals surface area contributed by atoms with Crippen LogP contribution in [-0.4, -0.2) is 50.0 Å². The highest BCUT2D eigenvalue weighted by Crippen LogP contribution is 2.22. The van der Waals surface area contributed by atoms with Crippen LogP contribution in [0.3, 0.4) is 0 Å². The first-order chi connectivity index (χ1) is 16.4. The van der Waals surface area contributed by atoms with Crippen molar-refractivity contribution in [2.75, 3.05) is 17.1 Å². The molecule has 9 heteroatoms. The molecule has 2 atom stereocenters. The monoisotopic (exact) mass is 521 g/mol. The Morgan fingerprint density at radius 3 is 2.37 bits per heavy atom. The Hall–Kier alpha value is -2.58. The second-order valence-corrected chi connectivity index (χ2v) is 11.3. The fourth-order valence-electron chi connectivity index (χ4n) is 3.69. The molecule has 1 N–H and O–H groups in total. The highest BCUT2D eigenvalue weighted by atomic mass is 35.5. The Balaban J connectivity index is 2.17. The van der Waals surface area contributed by atoms with Crippen molar-refractivity contribution < 1.29 is 18.0 Å². The summed E-state index contributed by atoms with van der Waals surface area (Å²) in [6.45, 7) is 8.02. The van der Waals surface area contributed by atoms with Gasteiger partial charge in [0.2, 0.25) is 21.8 Å². The molecule has 192 valence electrons. The molecular weight excluding hydrogens is 486 g/mol. The summed E-state index contributed by atoms with van der Waals surface area (Å²) in [4.78, 5) is 27.7. The van der Waals surface area contributed by atoms with Gasteiger partial charge >= 0.3 is 0 Å². The van der Waals surface area contributed by atoms with Gasteiger partial charge in [-0.2, -0.15) is 0 Å². The van der Waals surface area contributed by atoms with Crippen LogP contribution in [0.15, 0.2) is 48.5 Å². The summed E-state index contributed by atoms with van der Waals surface area (Å²) in [5, 5.41) is 3.38. The van der Waals surface area contributed by atoms with Crippen molar-refractivity contribution in [2.45, 2.75) is 65.6 Å². The molecule has 2 aromatic carbocycles. The lowest BCUT2D eigenvalue weighted by Gasteiger charge is -2.30. The Morgan fingerprint density at radius 1 is 1.09 bits per heavy atom. The minimum Gasteiger partial charge on any atom is -0.352 e. The molecule has 0 saturated heterocycles. The van der Waals surface area contributed by atoms with E-state index in [4.69, 9.17) is 11.6 Å². The first-order valence-corrected chi connectivity index (χ1v) is 14.0. The maximum absolute atomic E-state index is 13.3. The van der Waals surface area contributed by atoms with Crippen LogP contribution in [0.25, 0.3) is 0 Å². The number of sulfonamides is 1. The molecule has 0 aliphatic heterocycles. The van der Waals surface area contributed by atoms with Gasteiger partial charge in [0.25, 0.3) is 0 Å². The summed E-state index contributed by atoms with van der Waals surface area (Å²) in [6, 6.07) is 13.7. The highest BCUT2D eigenvalue weighted by molar-refractivity contribution is 7.92. The number of halogens is 1. The van der Waals surface area contributed by atoms with Gasteiger partial charge in [-0.15, -0.1) is 0 Å². The number of nitrogens with zero attached hydrogens (tertiary/aromatic N) is 2. The van der Waals surface area contributed by atoms with Crippen LogP contribution in [-0.2, 0) is 26.2 Å². The van der Waals surface area contributed by atoms with Gasteiger partial charge in [-0.25, -0.2) is 8.42 Å². The molecule has 2 rings (SSSR count). The number of nitrogens with one attached hydrogen (secondary N) is 1. The lowest BCUT2D eigenvalue weighted by molar-refractivity contribution is -0.140. The summed E-state index contributed by atoms with van der Waals surface area (Å²) in [6.07, 6.45) is 2.30. The van der Waals surface area contributed by atoms with Crippen LogP contribution in [0.1, 0.15) is 51.2 Å². The lowest BCUT2D eigenvalue weighted by atomic mass is 10.1. The minimum absolute atomic E-state index is 0.00175. The van der Waals surface area contributed by atoms with Crippen molar-refractivity contribution in [3.63, 3.8) is 0 Å². The fraction of sp³-hybridized carbons (Fsp3) is 0.462. The molecule has 0 spiro atoms. The van der Waals surface area contributed by atoms with Crippen molar-refractivity contribution in [3.8, 4) is 0 Å². The second kappa shape index (κ2) is 12.9. The maximum atomic E-state index is 13.3. The molecule has 0 aromatic heterocycles.